The number of hydrogen-bond donors (Lipinski definition) is 0. The zero-order chi connectivity index (χ0) is 15.9. The van der Waals surface area contributed by atoms with Gasteiger partial charge in [0.25, 0.3) is 0 Å². The average Bonchev–Trinajstić information content (AvgIpc) is 2.63. The summed E-state index contributed by atoms with van der Waals surface area (Å²) < 4.78 is 0. The highest BCUT2D eigenvalue weighted by Crippen LogP contribution is 2.18. The molecule has 0 aromatic heterocycles. The van der Waals surface area contributed by atoms with E-state index >= 15 is 0 Å². The van der Waals surface area contributed by atoms with Gasteiger partial charge in [0.05, 0.1) is 0 Å². The molecule has 0 aliphatic heterocycles. The first-order valence-electron chi connectivity index (χ1n) is 8.11. The van der Waals surface area contributed by atoms with Crippen molar-refractivity contribution in [2.75, 3.05) is 0 Å². The normalized spacial score (nSPS) is 9.96. The van der Waals surface area contributed by atoms with Crippen LogP contribution in [-0.2, 0) is 6.42 Å². The molecule has 0 N–H and O–H groups in total. The summed E-state index contributed by atoms with van der Waals surface area (Å²) in [6.45, 7) is 2.20. The van der Waals surface area contributed by atoms with Gasteiger partial charge in [-0.05, 0) is 47.4 Å². The van der Waals surface area contributed by atoms with Crippen molar-refractivity contribution in [2.45, 2.75) is 19.8 Å². The fourth-order valence-corrected chi connectivity index (χ4v) is 2.56. The second-order valence-corrected chi connectivity index (χ2v) is 5.64. The first kappa shape index (κ1) is 15.1. The molecule has 0 heterocycles. The Morgan fingerprint density at radius 1 is 0.609 bits per heavy atom. The Morgan fingerprint density at radius 2 is 1.13 bits per heavy atom. The van der Waals surface area contributed by atoms with E-state index in [0.717, 1.165) is 17.5 Å². The molecule has 0 nitrogen and oxygen atoms in total. The van der Waals surface area contributed by atoms with E-state index in [1.54, 1.807) is 0 Å². The summed E-state index contributed by atoms with van der Waals surface area (Å²) in [7, 11) is 0. The number of benzene rings is 3. The SMILES string of the molecule is CCCc1ccc(C#Cc2ccc(-c3ccccc3)cc2)cc1. The minimum Gasteiger partial charge on any atom is -0.0651 e. The highest BCUT2D eigenvalue weighted by molar-refractivity contribution is 5.64. The Hall–Kier alpha value is -2.78. The van der Waals surface area contributed by atoms with Crippen LogP contribution in [0, 0.1) is 11.8 Å². The molecule has 0 saturated heterocycles. The molecule has 3 aromatic rings. The Bertz CT molecular complexity index is 798. The van der Waals surface area contributed by atoms with Crippen molar-refractivity contribution in [3.63, 3.8) is 0 Å². The van der Waals surface area contributed by atoms with E-state index in [1.807, 2.05) is 6.07 Å². The predicted molar refractivity (Wildman–Crippen MR) is 98.3 cm³/mol. The van der Waals surface area contributed by atoms with Gasteiger partial charge in [-0.1, -0.05) is 79.8 Å². The van der Waals surface area contributed by atoms with Crippen molar-refractivity contribution in [1.29, 1.82) is 0 Å². The number of hydrogen-bond acceptors (Lipinski definition) is 0. The van der Waals surface area contributed by atoms with Gasteiger partial charge in [-0.3, -0.25) is 0 Å². The van der Waals surface area contributed by atoms with Crippen LogP contribution in [-0.4, -0.2) is 0 Å². The van der Waals surface area contributed by atoms with Crippen LogP contribution in [0.1, 0.15) is 30.0 Å². The third-order valence-electron chi connectivity index (χ3n) is 3.84. The van der Waals surface area contributed by atoms with E-state index in [0.29, 0.717) is 0 Å². The van der Waals surface area contributed by atoms with Crippen LogP contribution < -0.4 is 0 Å². The van der Waals surface area contributed by atoms with Gasteiger partial charge in [0.15, 0.2) is 0 Å². The molecule has 3 rings (SSSR count). The van der Waals surface area contributed by atoms with E-state index in [-0.39, 0.29) is 0 Å². The first-order valence-corrected chi connectivity index (χ1v) is 8.11. The molecule has 0 amide bonds. The van der Waals surface area contributed by atoms with Gasteiger partial charge in [-0.2, -0.15) is 0 Å². The molecule has 0 heteroatoms. The maximum Gasteiger partial charge on any atom is 0.0249 e. The van der Waals surface area contributed by atoms with Gasteiger partial charge >= 0.3 is 0 Å². The van der Waals surface area contributed by atoms with Gasteiger partial charge in [0.1, 0.15) is 0 Å². The zero-order valence-corrected chi connectivity index (χ0v) is 13.4. The van der Waals surface area contributed by atoms with Crippen LogP contribution in [0.2, 0.25) is 0 Å². The Labute approximate surface area is 138 Å². The molecular formula is C23H20. The van der Waals surface area contributed by atoms with Crippen LogP contribution in [0.25, 0.3) is 11.1 Å². The van der Waals surface area contributed by atoms with Crippen LogP contribution in [0.3, 0.4) is 0 Å². The lowest BCUT2D eigenvalue weighted by Gasteiger charge is -2.01. The van der Waals surface area contributed by atoms with Crippen molar-refractivity contribution >= 4 is 0 Å². The molecule has 0 saturated carbocycles. The lowest BCUT2D eigenvalue weighted by Crippen LogP contribution is -1.83. The zero-order valence-electron chi connectivity index (χ0n) is 13.4. The second kappa shape index (κ2) is 7.47. The van der Waals surface area contributed by atoms with Gasteiger partial charge in [-0.15, -0.1) is 0 Å². The van der Waals surface area contributed by atoms with Crippen molar-refractivity contribution in [2.24, 2.45) is 0 Å². The third kappa shape index (κ3) is 4.11. The summed E-state index contributed by atoms with van der Waals surface area (Å²) in [6.07, 6.45) is 2.31. The standard InChI is InChI=1S/C23H20/c1-2-6-19-9-11-20(12-10-19)13-14-21-15-17-23(18-16-21)22-7-4-3-5-8-22/h3-5,7-12,15-18H,2,6H2,1H3. The van der Waals surface area contributed by atoms with Gasteiger partial charge < -0.3 is 0 Å². The molecule has 0 radical (unpaired) electrons. The minimum atomic E-state index is 1.04. The summed E-state index contributed by atoms with van der Waals surface area (Å²) in [6, 6.07) is 27.4. The summed E-state index contributed by atoms with van der Waals surface area (Å²) in [5, 5.41) is 0. The molecule has 0 aliphatic rings. The molecule has 23 heavy (non-hydrogen) atoms. The van der Waals surface area contributed by atoms with Crippen LogP contribution >= 0.6 is 0 Å². The molecule has 0 aliphatic carbocycles. The van der Waals surface area contributed by atoms with Crippen LogP contribution in [0.5, 0.6) is 0 Å². The minimum absolute atomic E-state index is 1.04. The number of rotatable bonds is 3. The van der Waals surface area contributed by atoms with Crippen molar-refractivity contribution in [3.05, 3.63) is 95.6 Å². The van der Waals surface area contributed by atoms with Crippen molar-refractivity contribution in [3.8, 4) is 23.0 Å². The lowest BCUT2D eigenvalue weighted by atomic mass is 10.0. The highest BCUT2D eigenvalue weighted by Gasteiger charge is 1.96. The lowest BCUT2D eigenvalue weighted by molar-refractivity contribution is 0.922. The van der Waals surface area contributed by atoms with E-state index < -0.39 is 0 Å². The molecule has 0 fully saturated rings. The van der Waals surface area contributed by atoms with Gasteiger partial charge in [0.2, 0.25) is 0 Å². The van der Waals surface area contributed by atoms with E-state index in [9.17, 15) is 0 Å². The summed E-state index contributed by atoms with van der Waals surface area (Å²) in [5.41, 5.74) is 5.95. The smallest absolute Gasteiger partial charge is 0.0249 e. The molecular weight excluding hydrogens is 276 g/mol. The molecule has 0 unspecified atom stereocenters. The van der Waals surface area contributed by atoms with Crippen molar-refractivity contribution < 1.29 is 0 Å². The Kier molecular flexibility index (Phi) is 4.92. The monoisotopic (exact) mass is 296 g/mol. The molecule has 0 atom stereocenters. The van der Waals surface area contributed by atoms with E-state index in [4.69, 9.17) is 0 Å². The predicted octanol–water partition coefficient (Wildman–Crippen LogP) is 5.71. The van der Waals surface area contributed by atoms with E-state index in [2.05, 4.69) is 91.6 Å². The quantitative estimate of drug-likeness (QED) is 0.543. The fraction of sp³-hybridized carbons (Fsp3) is 0.130. The summed E-state index contributed by atoms with van der Waals surface area (Å²) in [4.78, 5) is 0. The maximum atomic E-state index is 3.24. The molecule has 112 valence electrons. The first-order chi connectivity index (χ1) is 11.3. The Balaban J connectivity index is 1.74. The topological polar surface area (TPSA) is 0 Å². The van der Waals surface area contributed by atoms with Crippen molar-refractivity contribution in [1.82, 2.24) is 0 Å². The van der Waals surface area contributed by atoms with Gasteiger partial charge in [-0.25, -0.2) is 0 Å². The van der Waals surface area contributed by atoms with E-state index in [1.165, 1.54) is 23.1 Å². The fourth-order valence-electron chi connectivity index (χ4n) is 2.56. The maximum absolute atomic E-state index is 3.24. The molecule has 0 spiro atoms. The summed E-state index contributed by atoms with van der Waals surface area (Å²) in [5.74, 6) is 6.48. The number of aryl methyl sites for hydroxylation is 1. The summed E-state index contributed by atoms with van der Waals surface area (Å²) >= 11 is 0. The van der Waals surface area contributed by atoms with Gasteiger partial charge in [0, 0.05) is 11.1 Å². The highest BCUT2D eigenvalue weighted by atomic mass is 14.0. The Morgan fingerprint density at radius 3 is 1.70 bits per heavy atom. The second-order valence-electron chi connectivity index (χ2n) is 5.64. The average molecular weight is 296 g/mol. The largest absolute Gasteiger partial charge is 0.0651 e. The molecule has 0 bridgehead atoms. The third-order valence-corrected chi connectivity index (χ3v) is 3.84. The van der Waals surface area contributed by atoms with Crippen LogP contribution in [0.4, 0.5) is 0 Å². The van der Waals surface area contributed by atoms with Crippen LogP contribution in [0.15, 0.2) is 78.9 Å². The molecule has 3 aromatic carbocycles.